The summed E-state index contributed by atoms with van der Waals surface area (Å²) in [5.41, 5.74) is 6.44. The number of nitrogens with zero attached hydrogens (tertiary/aromatic N) is 1. The Hall–Kier alpha value is -1.22. The Morgan fingerprint density at radius 2 is 1.23 bits per heavy atom. The maximum Gasteiger partial charge on any atom is 0.126 e. The first kappa shape index (κ1) is 35.6. The van der Waals surface area contributed by atoms with Crippen LogP contribution in [0.1, 0.15) is 155 Å². The number of hydrogen-bond donors (Lipinski definition) is 0. The number of rotatable bonds is 8. The Morgan fingerprint density at radius 3 is 1.64 bits per heavy atom. The van der Waals surface area contributed by atoms with Gasteiger partial charge < -0.3 is 4.74 Å². The van der Waals surface area contributed by atoms with Crippen molar-refractivity contribution in [1.82, 2.24) is 4.31 Å². The lowest BCUT2D eigenvalue weighted by atomic mass is 9.77. The first-order valence-corrected chi connectivity index (χ1v) is 19.9. The van der Waals surface area contributed by atoms with Gasteiger partial charge in [-0.05, 0) is 97.2 Å². The van der Waals surface area contributed by atoms with Crippen molar-refractivity contribution < 1.29 is 8.95 Å². The van der Waals surface area contributed by atoms with Crippen molar-refractivity contribution in [1.29, 1.82) is 0 Å². The highest BCUT2D eigenvalue weighted by Gasteiger charge is 2.39. The van der Waals surface area contributed by atoms with Gasteiger partial charge in [0, 0.05) is 18.2 Å². The Labute approximate surface area is 274 Å². The van der Waals surface area contributed by atoms with Crippen LogP contribution in [0, 0.1) is 0 Å². The van der Waals surface area contributed by atoms with Gasteiger partial charge in [0.2, 0.25) is 0 Å². The molecule has 0 unspecified atom stereocenters. The molecule has 2 fully saturated rings. The molecule has 2 atom stereocenters. The molecule has 44 heavy (non-hydrogen) atoms. The second-order valence-electron chi connectivity index (χ2n) is 16.5. The molecule has 4 rings (SSSR count). The highest BCUT2D eigenvalue weighted by atomic mass is 32.2. The molecule has 0 N–H and O–H groups in total. The van der Waals surface area contributed by atoms with Crippen molar-refractivity contribution in [2.24, 2.45) is 0 Å². The number of benzene rings is 2. The lowest BCUT2D eigenvalue weighted by molar-refractivity contribution is 0.379. The van der Waals surface area contributed by atoms with Gasteiger partial charge in [-0.3, -0.25) is 0 Å². The predicted octanol–water partition coefficient (Wildman–Crippen LogP) is 10.5. The van der Waals surface area contributed by atoms with Gasteiger partial charge in [-0.15, -0.1) is 0 Å². The zero-order valence-corrected chi connectivity index (χ0v) is 31.6. The molecule has 2 aliphatic carbocycles. The molecule has 0 bridgehead atoms. The molecule has 0 saturated heterocycles. The summed E-state index contributed by atoms with van der Waals surface area (Å²) in [6.45, 7) is 20.0. The standard InChI is InChI=1S/C39H62NO2PS/c1-37(2,3)32-26-28(27-33(36(32)42-11)38(4,5)6)35(40(10)44(41)39(7,8)9)31-24-18-19-25-34(31)43(29-20-14-12-15-21-29)30-22-16-13-17-23-30/h18-19,24-27,29-30,35H,12-17,20-23H2,1-11H3/t35-,44-/m0/s1. The average Bonchev–Trinajstić information content (AvgIpc) is 2.97. The molecule has 0 heterocycles. The summed E-state index contributed by atoms with van der Waals surface area (Å²) in [6.07, 6.45) is 13.8. The summed E-state index contributed by atoms with van der Waals surface area (Å²) in [5, 5.41) is 1.58. The molecule has 2 aliphatic rings. The van der Waals surface area contributed by atoms with E-state index in [1.807, 2.05) is 7.11 Å². The van der Waals surface area contributed by atoms with Crippen LogP contribution in [-0.2, 0) is 21.8 Å². The van der Waals surface area contributed by atoms with Gasteiger partial charge in [0.15, 0.2) is 0 Å². The lowest BCUT2D eigenvalue weighted by Crippen LogP contribution is -2.40. The van der Waals surface area contributed by atoms with Crippen molar-refractivity contribution in [3.05, 3.63) is 58.7 Å². The molecule has 0 amide bonds. The first-order valence-electron chi connectivity index (χ1n) is 17.3. The number of methoxy groups -OCH3 is 1. The number of ether oxygens (including phenoxy) is 1. The highest BCUT2D eigenvalue weighted by Crippen LogP contribution is 2.56. The summed E-state index contributed by atoms with van der Waals surface area (Å²) in [4.78, 5) is 0. The topological polar surface area (TPSA) is 29.5 Å². The zero-order chi connectivity index (χ0) is 32.4. The fraction of sp³-hybridized carbons (Fsp3) is 0.692. The maximum absolute atomic E-state index is 14.3. The highest BCUT2D eigenvalue weighted by molar-refractivity contribution is 7.84. The van der Waals surface area contributed by atoms with Gasteiger partial charge in [0.05, 0.1) is 17.9 Å². The largest absolute Gasteiger partial charge is 0.496 e. The van der Waals surface area contributed by atoms with Crippen LogP contribution in [0.2, 0.25) is 0 Å². The van der Waals surface area contributed by atoms with Crippen molar-refractivity contribution >= 4 is 24.2 Å². The van der Waals surface area contributed by atoms with Crippen LogP contribution < -0.4 is 10.0 Å². The summed E-state index contributed by atoms with van der Waals surface area (Å²) in [7, 11) is 2.39. The fourth-order valence-electron chi connectivity index (χ4n) is 7.62. The van der Waals surface area contributed by atoms with Crippen LogP contribution in [0.25, 0.3) is 0 Å². The van der Waals surface area contributed by atoms with Crippen LogP contribution in [0.4, 0.5) is 0 Å². The molecular formula is C39H62NO2PS. The Balaban J connectivity index is 2.02. The monoisotopic (exact) mass is 639 g/mol. The van der Waals surface area contributed by atoms with E-state index < -0.39 is 11.0 Å². The minimum atomic E-state index is -1.20. The van der Waals surface area contributed by atoms with Gasteiger partial charge in [-0.2, -0.15) is 0 Å². The van der Waals surface area contributed by atoms with E-state index in [-0.39, 0.29) is 29.5 Å². The molecule has 2 aromatic carbocycles. The third kappa shape index (κ3) is 8.01. The van der Waals surface area contributed by atoms with Crippen LogP contribution >= 0.6 is 7.92 Å². The van der Waals surface area contributed by atoms with E-state index in [1.165, 1.54) is 86.5 Å². The van der Waals surface area contributed by atoms with Crippen molar-refractivity contribution in [3.63, 3.8) is 0 Å². The minimum Gasteiger partial charge on any atom is -0.496 e. The van der Waals surface area contributed by atoms with E-state index >= 15 is 0 Å². The van der Waals surface area contributed by atoms with Crippen molar-refractivity contribution in [2.45, 2.75) is 159 Å². The molecule has 0 aliphatic heterocycles. The van der Waals surface area contributed by atoms with E-state index in [1.54, 1.807) is 5.30 Å². The second-order valence-corrected chi connectivity index (χ2v) is 21.6. The van der Waals surface area contributed by atoms with Crippen molar-refractivity contribution in [2.75, 3.05) is 14.2 Å². The molecule has 3 nitrogen and oxygen atoms in total. The minimum absolute atomic E-state index is 0.107. The molecule has 246 valence electrons. The first-order chi connectivity index (χ1) is 20.6. The third-order valence-electron chi connectivity index (χ3n) is 9.84. The van der Waals surface area contributed by atoms with Gasteiger partial charge in [-0.1, -0.05) is 112 Å². The average molecular weight is 640 g/mol. The van der Waals surface area contributed by atoms with E-state index in [9.17, 15) is 4.21 Å². The van der Waals surface area contributed by atoms with Crippen LogP contribution in [0.5, 0.6) is 5.75 Å². The van der Waals surface area contributed by atoms with E-state index in [4.69, 9.17) is 4.74 Å². The lowest BCUT2D eigenvalue weighted by Gasteiger charge is -2.42. The third-order valence-corrected chi connectivity index (χ3v) is 15.2. The Bertz CT molecular complexity index is 1220. The van der Waals surface area contributed by atoms with E-state index in [0.717, 1.165) is 17.1 Å². The SMILES string of the molecule is COc1c(C(C)(C)C)cc([C@@H](c2ccccc2P(C2CCCCC2)C2CCCCC2)N(C)[S@@](=O)C(C)(C)C)cc1C(C)(C)C. The van der Waals surface area contributed by atoms with E-state index in [0.29, 0.717) is 0 Å². The van der Waals surface area contributed by atoms with Crippen LogP contribution in [0.3, 0.4) is 0 Å². The number of hydrogen-bond acceptors (Lipinski definition) is 2. The Kier molecular flexibility index (Phi) is 11.6. The molecule has 0 spiro atoms. The summed E-state index contributed by atoms with van der Waals surface area (Å²) >= 11 is 0. The molecular weight excluding hydrogens is 577 g/mol. The van der Waals surface area contributed by atoms with Crippen molar-refractivity contribution in [3.8, 4) is 5.75 Å². The van der Waals surface area contributed by atoms with Gasteiger partial charge in [-0.25, -0.2) is 8.51 Å². The second kappa shape index (κ2) is 14.3. The fourth-order valence-corrected chi connectivity index (χ4v) is 12.9. The Morgan fingerprint density at radius 1 is 0.773 bits per heavy atom. The molecule has 5 heteroatoms. The maximum atomic E-state index is 14.3. The predicted molar refractivity (Wildman–Crippen MR) is 195 cm³/mol. The van der Waals surface area contributed by atoms with Gasteiger partial charge in [0.25, 0.3) is 0 Å². The zero-order valence-electron chi connectivity index (χ0n) is 29.9. The van der Waals surface area contributed by atoms with E-state index in [2.05, 4.69) is 110 Å². The normalized spacial score (nSPS) is 19.4. The smallest absolute Gasteiger partial charge is 0.126 e. The van der Waals surface area contributed by atoms with Gasteiger partial charge in [0.1, 0.15) is 16.7 Å². The quantitative estimate of drug-likeness (QED) is 0.269. The van der Waals surface area contributed by atoms with Gasteiger partial charge >= 0.3 is 0 Å². The molecule has 0 aromatic heterocycles. The molecule has 2 saturated carbocycles. The van der Waals surface area contributed by atoms with Crippen LogP contribution in [-0.4, -0.2) is 38.7 Å². The molecule has 0 radical (unpaired) electrons. The van der Waals surface area contributed by atoms with Crippen LogP contribution in [0.15, 0.2) is 36.4 Å². The summed E-state index contributed by atoms with van der Waals surface area (Å²) in [6, 6.07) is 14.0. The summed E-state index contributed by atoms with van der Waals surface area (Å²) < 4.78 is 22.3. The molecule has 2 aromatic rings. The summed E-state index contributed by atoms with van der Waals surface area (Å²) in [5.74, 6) is 0.993.